The Morgan fingerprint density at radius 1 is 1.03 bits per heavy atom. The maximum atomic E-state index is 13.2. The average molecular weight is 594 g/mol. The van der Waals surface area contributed by atoms with Crippen LogP contribution in [0.4, 0.5) is 0 Å². The molecule has 1 saturated carbocycles. The Bertz CT molecular complexity index is 1030. The highest BCUT2D eigenvalue weighted by Gasteiger charge is 2.38. The van der Waals surface area contributed by atoms with Gasteiger partial charge in [-0.1, -0.05) is 0 Å². The zero-order valence-electron chi connectivity index (χ0n) is 23.4. The van der Waals surface area contributed by atoms with Gasteiger partial charge in [0.05, 0.1) is 12.0 Å². The van der Waals surface area contributed by atoms with E-state index in [0.29, 0.717) is 22.9 Å². The molecule has 2 heterocycles. The summed E-state index contributed by atoms with van der Waals surface area (Å²) >= 11 is 0. The molecule has 0 bridgehead atoms. The number of carbonyl (C=O) groups excluding carboxylic acids is 1. The smallest absolute Gasteiger partial charge is 0.243 e. The topological polar surface area (TPSA) is 82.2 Å². The number of rotatable bonds is 8. The van der Waals surface area contributed by atoms with Gasteiger partial charge in [0.2, 0.25) is 15.9 Å². The van der Waals surface area contributed by atoms with E-state index in [1.807, 2.05) is 0 Å². The van der Waals surface area contributed by atoms with E-state index in [4.69, 9.17) is 4.74 Å². The van der Waals surface area contributed by atoms with Crippen molar-refractivity contribution in [2.45, 2.75) is 69.4 Å². The minimum atomic E-state index is -3.69. The van der Waals surface area contributed by atoms with E-state index in [9.17, 15) is 13.2 Å². The van der Waals surface area contributed by atoms with Crippen LogP contribution in [-0.2, 0) is 14.8 Å². The van der Waals surface area contributed by atoms with E-state index in [-0.39, 0.29) is 54.6 Å². The Morgan fingerprint density at radius 3 is 2.24 bits per heavy atom. The molecule has 3 aliphatic rings. The summed E-state index contributed by atoms with van der Waals surface area (Å²) < 4.78 is 32.9. The molecule has 11 heteroatoms. The lowest BCUT2D eigenvalue weighted by atomic mass is 9.84. The highest BCUT2D eigenvalue weighted by atomic mass is 35.5. The van der Waals surface area contributed by atoms with Crippen LogP contribution in [0.5, 0.6) is 5.75 Å². The van der Waals surface area contributed by atoms with Gasteiger partial charge in [0, 0.05) is 51.7 Å². The van der Waals surface area contributed by atoms with Crippen molar-refractivity contribution in [1.82, 2.24) is 19.4 Å². The zero-order valence-corrected chi connectivity index (χ0v) is 25.9. The van der Waals surface area contributed by atoms with E-state index in [0.717, 1.165) is 37.5 Å². The maximum absolute atomic E-state index is 13.2. The SMILES string of the molecule is COc1cc(C)c(S(=O)(=O)N(C)CCC(=O)NC2CCC(N3CCC4CN(C)CC4C3)CC2)c(C)c1.Cl.Cl. The number of nitrogens with one attached hydrogen (secondary N) is 1. The number of likely N-dealkylation sites (tertiary alicyclic amines) is 2. The number of halogens is 2. The molecule has 2 unspecified atom stereocenters. The quantitative estimate of drug-likeness (QED) is 0.497. The number of amides is 1. The predicted octanol–water partition coefficient (Wildman–Crippen LogP) is 3.48. The summed E-state index contributed by atoms with van der Waals surface area (Å²) in [5, 5.41) is 3.17. The molecule has 2 saturated heterocycles. The van der Waals surface area contributed by atoms with Crippen LogP contribution in [0.15, 0.2) is 17.0 Å². The van der Waals surface area contributed by atoms with Crippen LogP contribution in [0.25, 0.3) is 0 Å². The number of aryl methyl sites for hydroxylation is 2. The number of carbonyl (C=O) groups is 1. The third kappa shape index (κ3) is 7.55. The second-order valence-electron chi connectivity index (χ2n) is 11.3. The Hall–Kier alpha value is -1.10. The molecule has 1 aromatic rings. The standard InChI is InChI=1S/C27H44N4O4S.2ClH/c1-19-14-25(35-5)15-20(2)27(19)36(33,34)30(4)12-11-26(32)28-23-6-8-24(9-7-23)31-13-10-21-16-29(3)17-22(21)18-31;;/h14-15,21-24H,6-13,16-18H2,1-5H3,(H,28,32);2*1H. The average Bonchev–Trinajstić information content (AvgIpc) is 3.21. The number of fused-ring (bicyclic) bond motifs is 1. The Kier molecular flexibility index (Phi) is 12.2. The van der Waals surface area contributed by atoms with Crippen LogP contribution in [-0.4, -0.2) is 94.4 Å². The van der Waals surface area contributed by atoms with Crippen molar-refractivity contribution in [1.29, 1.82) is 0 Å². The fourth-order valence-corrected chi connectivity index (χ4v) is 8.19. The summed E-state index contributed by atoms with van der Waals surface area (Å²) in [6.07, 6.45) is 5.73. The number of hydrogen-bond donors (Lipinski definition) is 1. The summed E-state index contributed by atoms with van der Waals surface area (Å²) in [5.41, 5.74) is 1.29. The van der Waals surface area contributed by atoms with Gasteiger partial charge in [0.15, 0.2) is 0 Å². The van der Waals surface area contributed by atoms with Crippen molar-refractivity contribution < 1.29 is 17.9 Å². The first-order chi connectivity index (χ1) is 17.1. The highest BCUT2D eigenvalue weighted by Crippen LogP contribution is 2.34. The molecule has 2 aliphatic heterocycles. The third-order valence-corrected chi connectivity index (χ3v) is 10.7. The van der Waals surface area contributed by atoms with E-state index >= 15 is 0 Å². The second kappa shape index (κ2) is 14.0. The number of nitrogens with zero attached hydrogens (tertiary/aromatic N) is 3. The zero-order chi connectivity index (χ0) is 26.0. The molecule has 38 heavy (non-hydrogen) atoms. The maximum Gasteiger partial charge on any atom is 0.243 e. The van der Waals surface area contributed by atoms with Crippen molar-refractivity contribution in [2.24, 2.45) is 11.8 Å². The lowest BCUT2D eigenvalue weighted by molar-refractivity contribution is -0.122. The number of piperidine rings is 1. The first-order valence-corrected chi connectivity index (χ1v) is 14.9. The van der Waals surface area contributed by atoms with Gasteiger partial charge in [0.1, 0.15) is 5.75 Å². The first-order valence-electron chi connectivity index (χ1n) is 13.4. The molecular formula is C27H46Cl2N4O4S. The normalized spacial score (nSPS) is 26.3. The van der Waals surface area contributed by atoms with Crippen LogP contribution in [0.3, 0.4) is 0 Å². The molecule has 3 fully saturated rings. The van der Waals surface area contributed by atoms with Crippen LogP contribution in [0.2, 0.25) is 0 Å². The van der Waals surface area contributed by atoms with Crippen molar-refractivity contribution in [3.63, 3.8) is 0 Å². The number of ether oxygens (including phenoxy) is 1. The largest absolute Gasteiger partial charge is 0.497 e. The predicted molar refractivity (Wildman–Crippen MR) is 156 cm³/mol. The van der Waals surface area contributed by atoms with E-state index in [1.54, 1.807) is 40.1 Å². The molecule has 1 N–H and O–H groups in total. The van der Waals surface area contributed by atoms with Crippen molar-refractivity contribution >= 4 is 40.7 Å². The minimum absolute atomic E-state index is 0. The fourth-order valence-electron chi connectivity index (χ4n) is 6.62. The first kappa shape index (κ1) is 33.1. The van der Waals surface area contributed by atoms with Gasteiger partial charge in [-0.2, -0.15) is 0 Å². The fraction of sp³-hybridized carbons (Fsp3) is 0.741. The van der Waals surface area contributed by atoms with E-state index < -0.39 is 10.0 Å². The molecule has 0 radical (unpaired) electrons. The van der Waals surface area contributed by atoms with E-state index in [2.05, 4.69) is 22.2 Å². The molecular weight excluding hydrogens is 547 g/mol. The summed E-state index contributed by atoms with van der Waals surface area (Å²) in [4.78, 5) is 18.1. The Balaban J connectivity index is 0.00000253. The number of benzene rings is 1. The molecule has 1 amide bonds. The van der Waals surface area contributed by atoms with Gasteiger partial charge < -0.3 is 19.9 Å². The van der Waals surface area contributed by atoms with Crippen LogP contribution in [0, 0.1) is 25.7 Å². The van der Waals surface area contributed by atoms with Gasteiger partial charge in [-0.05, 0) is 94.6 Å². The van der Waals surface area contributed by atoms with Gasteiger partial charge in [-0.3, -0.25) is 4.79 Å². The van der Waals surface area contributed by atoms with Gasteiger partial charge in [0.25, 0.3) is 0 Å². The van der Waals surface area contributed by atoms with Gasteiger partial charge in [-0.25, -0.2) is 12.7 Å². The van der Waals surface area contributed by atoms with Crippen molar-refractivity contribution in [2.75, 3.05) is 53.9 Å². The summed E-state index contributed by atoms with van der Waals surface area (Å²) in [5.74, 6) is 2.26. The van der Waals surface area contributed by atoms with Gasteiger partial charge in [-0.15, -0.1) is 24.8 Å². The molecule has 218 valence electrons. The minimum Gasteiger partial charge on any atom is -0.497 e. The third-order valence-electron chi connectivity index (χ3n) is 8.58. The molecule has 4 rings (SSSR count). The number of methoxy groups -OCH3 is 1. The van der Waals surface area contributed by atoms with Crippen molar-refractivity contribution in [3.8, 4) is 5.75 Å². The van der Waals surface area contributed by atoms with Crippen LogP contribution in [0.1, 0.15) is 49.7 Å². The lowest BCUT2D eigenvalue weighted by Crippen LogP contribution is -2.49. The second-order valence-corrected chi connectivity index (χ2v) is 13.2. The van der Waals surface area contributed by atoms with Crippen LogP contribution < -0.4 is 10.1 Å². The molecule has 8 nitrogen and oxygen atoms in total. The monoisotopic (exact) mass is 592 g/mol. The summed E-state index contributed by atoms with van der Waals surface area (Å²) in [6.45, 7) is 8.62. The Labute approximate surface area is 241 Å². The molecule has 1 aromatic carbocycles. The number of sulfonamides is 1. The Morgan fingerprint density at radius 2 is 1.63 bits per heavy atom. The molecule has 0 spiro atoms. The van der Waals surface area contributed by atoms with Crippen LogP contribution >= 0.6 is 24.8 Å². The molecule has 0 aromatic heterocycles. The summed E-state index contributed by atoms with van der Waals surface area (Å²) in [7, 11) is 1.66. The number of hydrogen-bond acceptors (Lipinski definition) is 6. The molecule has 2 atom stereocenters. The highest BCUT2D eigenvalue weighted by molar-refractivity contribution is 7.89. The van der Waals surface area contributed by atoms with Gasteiger partial charge >= 0.3 is 0 Å². The lowest BCUT2D eigenvalue weighted by Gasteiger charge is -2.42. The molecule has 1 aliphatic carbocycles. The van der Waals surface area contributed by atoms with Crippen molar-refractivity contribution in [3.05, 3.63) is 23.3 Å². The van der Waals surface area contributed by atoms with E-state index in [1.165, 1.54) is 36.9 Å². The summed E-state index contributed by atoms with van der Waals surface area (Å²) in [6, 6.07) is 4.28.